The maximum atomic E-state index is 9.76. The van der Waals surface area contributed by atoms with Crippen molar-refractivity contribution >= 4 is 43.5 Å². The number of ether oxygens (including phenoxy) is 1. The van der Waals surface area contributed by atoms with Crippen LogP contribution in [-0.4, -0.2) is 30.2 Å². The first-order valence-electron chi connectivity index (χ1n) is 2.37. The normalized spacial score (nSPS) is 6.50. The SMILES string of the molecule is O=[C-]CBr.O=[C-]COC(=O)P.[W+2]. The average Bonchev–Trinajstić information content (AvgIpc) is 2.01. The Labute approximate surface area is 95.4 Å². The second-order valence-corrected chi connectivity index (χ2v) is 2.06. The number of hydrogen-bond acceptors (Lipinski definition) is 4. The van der Waals surface area contributed by atoms with Gasteiger partial charge >= 0.3 is 26.8 Å². The molecule has 0 aliphatic carbocycles. The summed E-state index contributed by atoms with van der Waals surface area (Å²) >= 11 is 2.82. The molecule has 0 saturated heterocycles. The van der Waals surface area contributed by atoms with Gasteiger partial charge in [-0.3, -0.25) is 6.29 Å². The van der Waals surface area contributed by atoms with Gasteiger partial charge in [0, 0.05) is 0 Å². The molecule has 1 unspecified atom stereocenters. The van der Waals surface area contributed by atoms with E-state index < -0.39 is 5.71 Å². The van der Waals surface area contributed by atoms with Gasteiger partial charge in [-0.2, -0.15) is 0 Å². The smallest absolute Gasteiger partial charge is 0.541 e. The van der Waals surface area contributed by atoms with E-state index in [4.69, 9.17) is 4.79 Å². The summed E-state index contributed by atoms with van der Waals surface area (Å²) in [6, 6.07) is 0. The molecule has 0 aromatic rings. The predicted molar refractivity (Wildman–Crippen MR) is 46.2 cm³/mol. The van der Waals surface area contributed by atoms with Crippen LogP contribution >= 0.6 is 25.2 Å². The molecule has 7 heteroatoms. The Kier molecular flexibility index (Phi) is 26.6. The first-order chi connectivity index (χ1) is 5.18. The van der Waals surface area contributed by atoms with Crippen LogP contribution in [0.2, 0.25) is 0 Å². The number of halogens is 1. The molecule has 0 aliphatic rings. The molecular formula is C5H6BrO4PW. The van der Waals surface area contributed by atoms with Crippen molar-refractivity contribution < 1.29 is 40.2 Å². The van der Waals surface area contributed by atoms with Gasteiger partial charge in [0.25, 0.3) is 0 Å². The third kappa shape index (κ3) is 31.5. The molecule has 1 atom stereocenters. The van der Waals surface area contributed by atoms with E-state index >= 15 is 0 Å². The second-order valence-electron chi connectivity index (χ2n) is 1.03. The standard InChI is InChI=1S/C3H4O3P.C2H2BrO.W/c4-1-2-6-3(5)7;3-1-2-4;/h2,7H2;1H2;/q2*-1;+2. The van der Waals surface area contributed by atoms with Crippen molar-refractivity contribution in [3.05, 3.63) is 0 Å². The molecule has 0 N–H and O–H groups in total. The zero-order chi connectivity index (χ0) is 9.11. The fourth-order valence-corrected chi connectivity index (χ4v) is 0.184. The van der Waals surface area contributed by atoms with Gasteiger partial charge < -0.3 is 14.3 Å². The molecule has 0 aromatic heterocycles. The minimum Gasteiger partial charge on any atom is -0.541 e. The van der Waals surface area contributed by atoms with Crippen LogP contribution in [0.5, 0.6) is 0 Å². The molecule has 0 spiro atoms. The third-order valence-electron chi connectivity index (χ3n) is 0.328. The summed E-state index contributed by atoms with van der Waals surface area (Å²) in [6.45, 7) is -0.275. The first-order valence-corrected chi connectivity index (χ1v) is 4.07. The Balaban J connectivity index is -0.000000142. The maximum Gasteiger partial charge on any atom is 2.00 e. The van der Waals surface area contributed by atoms with E-state index in [1.54, 1.807) is 15.5 Å². The molecule has 0 amide bonds. The maximum absolute atomic E-state index is 9.76. The fraction of sp³-hybridized carbons (Fsp3) is 0.400. The van der Waals surface area contributed by atoms with Crippen molar-refractivity contribution in [3.63, 3.8) is 0 Å². The molecule has 0 fully saturated rings. The van der Waals surface area contributed by atoms with Gasteiger partial charge in [0.15, 0.2) is 0 Å². The summed E-state index contributed by atoms with van der Waals surface area (Å²) in [5, 5.41) is 0.326. The Morgan fingerprint density at radius 1 is 1.42 bits per heavy atom. The van der Waals surface area contributed by atoms with E-state index in [-0.39, 0.29) is 27.7 Å². The van der Waals surface area contributed by atoms with Crippen LogP contribution in [-0.2, 0) is 35.4 Å². The Hall–Kier alpha value is 0.408. The molecule has 0 radical (unpaired) electrons. The fourth-order valence-electron chi connectivity index (χ4n) is 0.101. The van der Waals surface area contributed by atoms with Crippen LogP contribution in [0.3, 0.4) is 0 Å². The molecule has 0 bridgehead atoms. The van der Waals surface area contributed by atoms with Crippen molar-refractivity contribution in [3.8, 4) is 0 Å². The molecule has 0 rings (SSSR count). The van der Waals surface area contributed by atoms with Crippen molar-refractivity contribution in [2.24, 2.45) is 0 Å². The zero-order valence-corrected chi connectivity index (χ0v) is 11.6. The summed E-state index contributed by atoms with van der Waals surface area (Å²) in [6.07, 6.45) is 2.99. The van der Waals surface area contributed by atoms with E-state index in [0.29, 0.717) is 5.33 Å². The van der Waals surface area contributed by atoms with Crippen LogP contribution in [0.1, 0.15) is 0 Å². The Bertz CT molecular complexity index is 133. The van der Waals surface area contributed by atoms with Gasteiger partial charge in [-0.25, -0.2) is 11.1 Å². The number of carbonyl (C=O) groups is 1. The van der Waals surface area contributed by atoms with Crippen molar-refractivity contribution in [2.75, 3.05) is 11.9 Å². The van der Waals surface area contributed by atoms with E-state index in [9.17, 15) is 9.59 Å². The van der Waals surface area contributed by atoms with E-state index in [1.165, 1.54) is 6.29 Å². The van der Waals surface area contributed by atoms with Crippen molar-refractivity contribution in [1.29, 1.82) is 0 Å². The first kappa shape index (κ1) is 18.2. The number of hydrogen-bond donors (Lipinski definition) is 0. The third-order valence-corrected chi connectivity index (χ3v) is 0.723. The monoisotopic (exact) mass is 424 g/mol. The summed E-state index contributed by atoms with van der Waals surface area (Å²) in [5.74, 6) is 0. The molecule has 0 heterocycles. The van der Waals surface area contributed by atoms with Crippen molar-refractivity contribution in [1.82, 2.24) is 0 Å². The topological polar surface area (TPSA) is 60.4 Å². The van der Waals surface area contributed by atoms with Crippen LogP contribution in [0.25, 0.3) is 0 Å². The van der Waals surface area contributed by atoms with E-state index in [0.717, 1.165) is 0 Å². The summed E-state index contributed by atoms with van der Waals surface area (Å²) in [7, 11) is 1.77. The summed E-state index contributed by atoms with van der Waals surface area (Å²) < 4.78 is 4.09. The van der Waals surface area contributed by atoms with E-state index in [2.05, 4.69) is 20.7 Å². The Morgan fingerprint density at radius 2 is 1.83 bits per heavy atom. The van der Waals surface area contributed by atoms with Gasteiger partial charge in [-0.1, -0.05) is 5.33 Å². The predicted octanol–water partition coefficient (Wildman–Crippen LogP) is 0.596. The molecule has 4 nitrogen and oxygen atoms in total. The molecule has 68 valence electrons. The van der Waals surface area contributed by atoms with Gasteiger partial charge in [0.2, 0.25) is 0 Å². The summed E-state index contributed by atoms with van der Waals surface area (Å²) in [5.41, 5.74) is -0.539. The number of rotatable bonds is 3. The molecular weight excluding hydrogens is 419 g/mol. The zero-order valence-electron chi connectivity index (χ0n) is 5.91. The quantitative estimate of drug-likeness (QED) is 0.378. The van der Waals surface area contributed by atoms with Crippen LogP contribution in [0.15, 0.2) is 0 Å². The van der Waals surface area contributed by atoms with Crippen molar-refractivity contribution in [2.45, 2.75) is 0 Å². The largest absolute Gasteiger partial charge is 2.00 e. The van der Waals surface area contributed by atoms with E-state index in [1.807, 2.05) is 0 Å². The Morgan fingerprint density at radius 3 is 1.92 bits per heavy atom. The molecule has 0 aliphatic heterocycles. The number of carbonyl (C=O) groups excluding carboxylic acids is 3. The van der Waals surface area contributed by atoms with Crippen LogP contribution < -0.4 is 0 Å². The number of alkyl halides is 1. The van der Waals surface area contributed by atoms with Gasteiger partial charge in [0.05, 0.1) is 0 Å². The molecule has 0 aromatic carbocycles. The van der Waals surface area contributed by atoms with Gasteiger partial charge in [-0.05, 0) is 15.8 Å². The molecule has 0 saturated carbocycles. The molecule has 12 heavy (non-hydrogen) atoms. The van der Waals surface area contributed by atoms with Gasteiger partial charge in [-0.15, -0.1) is 15.9 Å². The summed E-state index contributed by atoms with van der Waals surface area (Å²) in [4.78, 5) is 28.1. The van der Waals surface area contributed by atoms with Crippen LogP contribution in [0.4, 0.5) is 4.79 Å². The minimum atomic E-state index is -0.539. The average molecular weight is 425 g/mol. The second kappa shape index (κ2) is 17.5. The van der Waals surface area contributed by atoms with Crippen LogP contribution in [0, 0.1) is 0 Å². The van der Waals surface area contributed by atoms with Gasteiger partial charge in [0.1, 0.15) is 0 Å². The minimum absolute atomic E-state index is 0.